The molecular formula is C63H110O6. The topological polar surface area (TPSA) is 78.9 Å². The molecule has 0 spiro atoms. The Morgan fingerprint density at radius 2 is 0.565 bits per heavy atom. The Bertz CT molecular complexity index is 1290. The Balaban J connectivity index is 4.41. The number of ether oxygens (including phenoxy) is 3. The lowest BCUT2D eigenvalue weighted by molar-refractivity contribution is -0.167. The van der Waals surface area contributed by atoms with Crippen molar-refractivity contribution in [2.45, 2.75) is 297 Å². The first-order valence-corrected chi connectivity index (χ1v) is 29.4. The Kier molecular flexibility index (Phi) is 54.8. The summed E-state index contributed by atoms with van der Waals surface area (Å²) < 4.78 is 16.8. The van der Waals surface area contributed by atoms with E-state index in [0.29, 0.717) is 12.8 Å². The highest BCUT2D eigenvalue weighted by Gasteiger charge is 2.19. The highest BCUT2D eigenvalue weighted by atomic mass is 16.6. The third kappa shape index (κ3) is 55.6. The first-order valence-electron chi connectivity index (χ1n) is 29.4. The van der Waals surface area contributed by atoms with Gasteiger partial charge in [-0.25, -0.2) is 0 Å². The Morgan fingerprint density at radius 3 is 0.928 bits per heavy atom. The maximum absolute atomic E-state index is 12.9. The molecule has 0 heterocycles. The van der Waals surface area contributed by atoms with Gasteiger partial charge in [0.05, 0.1) is 0 Å². The summed E-state index contributed by atoms with van der Waals surface area (Å²) in [4.78, 5) is 38.2. The summed E-state index contributed by atoms with van der Waals surface area (Å²) in [6.45, 7) is 6.51. The van der Waals surface area contributed by atoms with Crippen molar-refractivity contribution in [1.82, 2.24) is 0 Å². The van der Waals surface area contributed by atoms with Crippen molar-refractivity contribution in [2.75, 3.05) is 13.2 Å². The van der Waals surface area contributed by atoms with Crippen LogP contribution < -0.4 is 0 Å². The molecule has 0 rings (SSSR count). The number of rotatable bonds is 53. The van der Waals surface area contributed by atoms with Gasteiger partial charge in [-0.1, -0.05) is 254 Å². The third-order valence-electron chi connectivity index (χ3n) is 12.7. The number of carbonyl (C=O) groups excluding carboxylic acids is 3. The summed E-state index contributed by atoms with van der Waals surface area (Å²) in [6.07, 6.45) is 73.2. The van der Waals surface area contributed by atoms with E-state index in [-0.39, 0.29) is 37.5 Å². The molecule has 0 unspecified atom stereocenters. The third-order valence-corrected chi connectivity index (χ3v) is 12.7. The molecule has 0 fully saturated rings. The summed E-state index contributed by atoms with van der Waals surface area (Å²) in [6, 6.07) is 0. The van der Waals surface area contributed by atoms with Gasteiger partial charge >= 0.3 is 17.9 Å². The average molecular weight is 964 g/mol. The van der Waals surface area contributed by atoms with E-state index in [2.05, 4.69) is 93.7 Å². The van der Waals surface area contributed by atoms with Crippen LogP contribution in [0.5, 0.6) is 0 Å². The van der Waals surface area contributed by atoms with Crippen LogP contribution in [0.25, 0.3) is 0 Å². The minimum Gasteiger partial charge on any atom is -0.462 e. The Labute approximate surface area is 427 Å². The lowest BCUT2D eigenvalue weighted by atomic mass is 10.0. The molecular weight excluding hydrogens is 853 g/mol. The van der Waals surface area contributed by atoms with E-state index in [1.807, 2.05) is 0 Å². The molecule has 0 aliphatic rings. The first-order chi connectivity index (χ1) is 34.0. The highest BCUT2D eigenvalue weighted by Crippen LogP contribution is 2.16. The standard InChI is InChI=1S/C63H110O6/c1-4-7-10-13-16-19-22-25-27-29-31-33-35-38-41-44-47-50-53-56-62(65)68-59-60(58-67-61(64)55-52-49-46-43-40-37-24-21-18-15-12-9-6-3)69-63(66)57-54-51-48-45-42-39-36-34-32-30-28-26-23-20-17-14-11-8-5-2/h8,11,17,20-21,24,26,28,32,34,39,42,60H,4-7,9-10,12-16,18-19,22-23,25,27,29-31,33,35-38,40-41,43-59H2,1-3H3/b11-8-,20-17-,24-21-,28-26-,34-32-,42-39-/t60-/m1/s1. The van der Waals surface area contributed by atoms with Crippen molar-refractivity contribution in [3.8, 4) is 0 Å². The Morgan fingerprint density at radius 1 is 0.304 bits per heavy atom. The number of hydrogen-bond acceptors (Lipinski definition) is 6. The van der Waals surface area contributed by atoms with Crippen LogP contribution in [-0.2, 0) is 28.6 Å². The van der Waals surface area contributed by atoms with Crippen LogP contribution in [-0.4, -0.2) is 37.2 Å². The summed E-state index contributed by atoms with van der Waals surface area (Å²) in [5.41, 5.74) is 0. The molecule has 0 saturated carbocycles. The maximum atomic E-state index is 12.9. The quantitative estimate of drug-likeness (QED) is 0.0262. The van der Waals surface area contributed by atoms with Gasteiger partial charge in [-0.2, -0.15) is 0 Å². The fourth-order valence-electron chi connectivity index (χ4n) is 8.29. The largest absolute Gasteiger partial charge is 0.462 e. The van der Waals surface area contributed by atoms with Crippen LogP contribution in [0, 0.1) is 0 Å². The first kappa shape index (κ1) is 65.8. The number of esters is 3. The average Bonchev–Trinajstić information content (AvgIpc) is 3.35. The molecule has 0 aromatic rings. The zero-order chi connectivity index (χ0) is 50.0. The molecule has 0 radical (unpaired) electrons. The summed E-state index contributed by atoms with van der Waals surface area (Å²) in [5, 5.41) is 0. The molecule has 0 amide bonds. The van der Waals surface area contributed by atoms with E-state index in [9.17, 15) is 14.4 Å². The second-order valence-corrected chi connectivity index (χ2v) is 19.5. The monoisotopic (exact) mass is 963 g/mol. The van der Waals surface area contributed by atoms with Crippen LogP contribution in [0.2, 0.25) is 0 Å². The van der Waals surface area contributed by atoms with Gasteiger partial charge in [-0.15, -0.1) is 0 Å². The van der Waals surface area contributed by atoms with Crippen LogP contribution in [0.15, 0.2) is 72.9 Å². The maximum Gasteiger partial charge on any atom is 0.306 e. The van der Waals surface area contributed by atoms with Gasteiger partial charge in [0.2, 0.25) is 0 Å². The number of unbranched alkanes of at least 4 members (excludes halogenated alkanes) is 30. The van der Waals surface area contributed by atoms with Crippen LogP contribution in [0.3, 0.4) is 0 Å². The predicted molar refractivity (Wildman–Crippen MR) is 298 cm³/mol. The SMILES string of the molecule is CC/C=C\C/C=C\C/C=C\C/C=C\C/C=C\CCCCCC(=O)O[C@H](COC(=O)CCCCCCC/C=C\CCCCCC)COC(=O)CCCCCCCCCCCCCCCCCCCCC. The Hall–Kier alpha value is -3.15. The van der Waals surface area contributed by atoms with Crippen LogP contribution in [0.1, 0.15) is 290 Å². The van der Waals surface area contributed by atoms with Gasteiger partial charge in [0, 0.05) is 19.3 Å². The van der Waals surface area contributed by atoms with Crippen LogP contribution >= 0.6 is 0 Å². The lowest BCUT2D eigenvalue weighted by Crippen LogP contribution is -2.30. The molecule has 0 aromatic heterocycles. The van der Waals surface area contributed by atoms with Gasteiger partial charge in [-0.05, 0) is 89.9 Å². The molecule has 0 aliphatic heterocycles. The minimum absolute atomic E-state index is 0.0891. The number of allylic oxidation sites excluding steroid dienone is 12. The normalized spacial score (nSPS) is 12.6. The van der Waals surface area contributed by atoms with Gasteiger partial charge < -0.3 is 14.2 Å². The molecule has 398 valence electrons. The van der Waals surface area contributed by atoms with E-state index in [1.54, 1.807) is 0 Å². The minimum atomic E-state index is -0.795. The smallest absolute Gasteiger partial charge is 0.306 e. The molecule has 1 atom stereocenters. The fraction of sp³-hybridized carbons (Fsp3) is 0.762. The molecule has 6 nitrogen and oxygen atoms in total. The molecule has 0 N–H and O–H groups in total. The predicted octanol–water partition coefficient (Wildman–Crippen LogP) is 19.8. The molecule has 0 bridgehead atoms. The molecule has 0 aromatic carbocycles. The second-order valence-electron chi connectivity index (χ2n) is 19.5. The molecule has 6 heteroatoms. The molecule has 0 saturated heterocycles. The second kappa shape index (κ2) is 57.4. The zero-order valence-corrected chi connectivity index (χ0v) is 45.6. The van der Waals surface area contributed by atoms with Crippen molar-refractivity contribution in [3.05, 3.63) is 72.9 Å². The van der Waals surface area contributed by atoms with Gasteiger partial charge in [0.15, 0.2) is 6.10 Å². The summed E-state index contributed by atoms with van der Waals surface area (Å²) >= 11 is 0. The molecule has 0 aliphatic carbocycles. The van der Waals surface area contributed by atoms with Crippen molar-refractivity contribution in [1.29, 1.82) is 0 Å². The van der Waals surface area contributed by atoms with E-state index in [1.165, 1.54) is 148 Å². The fourth-order valence-corrected chi connectivity index (χ4v) is 8.29. The van der Waals surface area contributed by atoms with Crippen molar-refractivity contribution in [2.24, 2.45) is 0 Å². The lowest BCUT2D eigenvalue weighted by Gasteiger charge is -2.18. The van der Waals surface area contributed by atoms with Crippen LogP contribution in [0.4, 0.5) is 0 Å². The summed E-state index contributed by atoms with van der Waals surface area (Å²) in [5.74, 6) is -0.920. The zero-order valence-electron chi connectivity index (χ0n) is 45.6. The van der Waals surface area contributed by atoms with E-state index < -0.39 is 6.10 Å². The van der Waals surface area contributed by atoms with Gasteiger partial charge in [0.1, 0.15) is 13.2 Å². The number of hydrogen-bond donors (Lipinski definition) is 0. The van der Waals surface area contributed by atoms with E-state index in [0.717, 1.165) is 103 Å². The highest BCUT2D eigenvalue weighted by molar-refractivity contribution is 5.71. The van der Waals surface area contributed by atoms with Crippen molar-refractivity contribution < 1.29 is 28.6 Å². The van der Waals surface area contributed by atoms with Crippen molar-refractivity contribution >= 4 is 17.9 Å². The molecule has 69 heavy (non-hydrogen) atoms. The van der Waals surface area contributed by atoms with Crippen molar-refractivity contribution in [3.63, 3.8) is 0 Å². The van der Waals surface area contributed by atoms with E-state index >= 15 is 0 Å². The summed E-state index contributed by atoms with van der Waals surface area (Å²) in [7, 11) is 0. The van der Waals surface area contributed by atoms with Gasteiger partial charge in [0.25, 0.3) is 0 Å². The van der Waals surface area contributed by atoms with E-state index in [4.69, 9.17) is 14.2 Å². The van der Waals surface area contributed by atoms with Gasteiger partial charge in [-0.3, -0.25) is 14.4 Å². The number of carbonyl (C=O) groups is 3.